The predicted octanol–water partition coefficient (Wildman–Crippen LogP) is 5.41. The van der Waals surface area contributed by atoms with Gasteiger partial charge in [-0.25, -0.2) is 0 Å². The zero-order valence-corrected chi connectivity index (χ0v) is 19.8. The molecule has 0 spiro atoms. The Morgan fingerprint density at radius 1 is 1.06 bits per heavy atom. The molecule has 6 heteroatoms. The molecule has 5 nitrogen and oxygen atoms in total. The second-order valence-corrected chi connectivity index (χ2v) is 9.02. The molecular formula is C26H31ClN2O3. The lowest BCUT2D eigenvalue weighted by Gasteiger charge is -2.32. The highest BCUT2D eigenvalue weighted by Gasteiger charge is 2.33. The van der Waals surface area contributed by atoms with Crippen LogP contribution in [0.5, 0.6) is 5.75 Å². The first kappa shape index (κ1) is 23.9. The Kier molecular flexibility index (Phi) is 7.97. The van der Waals surface area contributed by atoms with Crippen molar-refractivity contribution in [3.63, 3.8) is 0 Å². The average molecular weight is 455 g/mol. The Labute approximate surface area is 195 Å². The van der Waals surface area contributed by atoms with Gasteiger partial charge in [-0.3, -0.25) is 9.59 Å². The summed E-state index contributed by atoms with van der Waals surface area (Å²) >= 11 is 6.21. The zero-order chi connectivity index (χ0) is 23.3. The maximum absolute atomic E-state index is 13.4. The van der Waals surface area contributed by atoms with E-state index in [4.69, 9.17) is 16.3 Å². The van der Waals surface area contributed by atoms with Crippen LogP contribution in [-0.4, -0.2) is 35.9 Å². The molecule has 0 radical (unpaired) electrons. The van der Waals surface area contributed by atoms with Crippen molar-refractivity contribution in [3.05, 3.63) is 76.8 Å². The molecule has 0 saturated heterocycles. The third kappa shape index (κ3) is 5.71. The second kappa shape index (κ2) is 10.7. The van der Waals surface area contributed by atoms with E-state index in [1.165, 1.54) is 4.90 Å². The highest BCUT2D eigenvalue weighted by molar-refractivity contribution is 6.30. The summed E-state index contributed by atoms with van der Waals surface area (Å²) in [6.45, 7) is 5.86. The molecule has 3 atom stereocenters. The number of para-hydroxylation sites is 1. The van der Waals surface area contributed by atoms with E-state index in [0.29, 0.717) is 29.2 Å². The van der Waals surface area contributed by atoms with E-state index in [-0.39, 0.29) is 29.9 Å². The van der Waals surface area contributed by atoms with E-state index >= 15 is 0 Å². The molecule has 170 valence electrons. The van der Waals surface area contributed by atoms with Gasteiger partial charge >= 0.3 is 0 Å². The summed E-state index contributed by atoms with van der Waals surface area (Å²) in [6.07, 6.45) is 5.30. The van der Waals surface area contributed by atoms with Gasteiger partial charge < -0.3 is 15.0 Å². The van der Waals surface area contributed by atoms with E-state index in [9.17, 15) is 9.59 Å². The molecule has 3 rings (SSSR count). The van der Waals surface area contributed by atoms with E-state index in [1.54, 1.807) is 25.2 Å². The molecule has 1 aliphatic heterocycles. The van der Waals surface area contributed by atoms with Crippen molar-refractivity contribution in [2.24, 2.45) is 5.92 Å². The summed E-state index contributed by atoms with van der Waals surface area (Å²) in [5.74, 6) is 0.00745. The largest absolute Gasteiger partial charge is 0.490 e. The lowest BCUT2D eigenvalue weighted by Crippen LogP contribution is -2.51. The lowest BCUT2D eigenvalue weighted by molar-refractivity contribution is -0.127. The molecule has 0 aromatic heterocycles. The van der Waals surface area contributed by atoms with Gasteiger partial charge in [0.25, 0.3) is 5.91 Å². The summed E-state index contributed by atoms with van der Waals surface area (Å²) < 4.78 is 6.09. The van der Waals surface area contributed by atoms with Gasteiger partial charge in [0.15, 0.2) is 0 Å². The van der Waals surface area contributed by atoms with Crippen LogP contribution in [0.2, 0.25) is 5.02 Å². The topological polar surface area (TPSA) is 58.6 Å². The molecule has 2 amide bonds. The maximum atomic E-state index is 13.4. The van der Waals surface area contributed by atoms with Crippen molar-refractivity contribution in [2.75, 3.05) is 7.05 Å². The van der Waals surface area contributed by atoms with Gasteiger partial charge in [0.1, 0.15) is 11.8 Å². The average Bonchev–Trinajstić information content (AvgIpc) is 2.75. The number of amides is 2. The number of ether oxygens (including phenoxy) is 1. The Bertz CT molecular complexity index is 989. The molecule has 2 aromatic carbocycles. The third-order valence-electron chi connectivity index (χ3n) is 5.66. The molecule has 0 fully saturated rings. The SMILES string of the molecule is CC(C)[C@@H]1C(=O)N[C@H](c2cccc(Cl)c2)C/C=C\C[C@H](C)Oc2ccccc2C(=O)N1C. The van der Waals surface area contributed by atoms with Crippen molar-refractivity contribution in [3.8, 4) is 5.75 Å². The fourth-order valence-electron chi connectivity index (χ4n) is 4.03. The number of carbonyl (C=O) groups is 2. The maximum Gasteiger partial charge on any atom is 0.258 e. The smallest absolute Gasteiger partial charge is 0.258 e. The Morgan fingerprint density at radius 3 is 2.50 bits per heavy atom. The number of benzene rings is 2. The Balaban J connectivity index is 2.01. The molecule has 2 aromatic rings. The highest BCUT2D eigenvalue weighted by Crippen LogP contribution is 2.26. The van der Waals surface area contributed by atoms with E-state index in [0.717, 1.165) is 5.56 Å². The van der Waals surface area contributed by atoms with Gasteiger partial charge in [-0.2, -0.15) is 0 Å². The van der Waals surface area contributed by atoms with Gasteiger partial charge in [-0.15, -0.1) is 0 Å². The van der Waals surface area contributed by atoms with Crippen LogP contribution in [0.25, 0.3) is 0 Å². The first-order chi connectivity index (χ1) is 15.3. The normalized spacial score (nSPS) is 23.7. The Hall–Kier alpha value is -2.79. The fourth-order valence-corrected chi connectivity index (χ4v) is 4.23. The van der Waals surface area contributed by atoms with Crippen LogP contribution in [0.3, 0.4) is 0 Å². The molecule has 1 heterocycles. The first-order valence-electron chi connectivity index (χ1n) is 11.0. The van der Waals surface area contributed by atoms with Crippen LogP contribution in [0.4, 0.5) is 0 Å². The van der Waals surface area contributed by atoms with Gasteiger partial charge in [-0.1, -0.05) is 61.9 Å². The number of fused-ring (bicyclic) bond motifs is 1. The van der Waals surface area contributed by atoms with Crippen LogP contribution in [0.15, 0.2) is 60.7 Å². The van der Waals surface area contributed by atoms with Crippen molar-refractivity contribution >= 4 is 23.4 Å². The fraction of sp³-hybridized carbons (Fsp3) is 0.385. The van der Waals surface area contributed by atoms with Crippen molar-refractivity contribution in [1.29, 1.82) is 0 Å². The van der Waals surface area contributed by atoms with Gasteiger partial charge in [0.05, 0.1) is 17.7 Å². The number of likely N-dealkylation sites (N-methyl/N-ethyl adjacent to an activating group) is 1. The standard InChI is InChI=1S/C26H31ClN2O3/c1-17(2)24-25(30)28-22(19-11-9-12-20(27)16-19)14-7-5-10-18(3)32-23-15-8-6-13-21(23)26(31)29(24)4/h5-9,11-13,15-18,22,24H,10,14H2,1-4H3,(H,28,30)/b7-5-/t18-,22-,24+/m0/s1. The van der Waals surface area contributed by atoms with Crippen LogP contribution in [0, 0.1) is 5.92 Å². The number of nitrogens with one attached hydrogen (secondary N) is 1. The number of halogens is 1. The molecule has 32 heavy (non-hydrogen) atoms. The minimum absolute atomic E-state index is 0.0839. The second-order valence-electron chi connectivity index (χ2n) is 8.59. The number of carbonyl (C=O) groups excluding carboxylic acids is 2. The Morgan fingerprint density at radius 2 is 1.78 bits per heavy atom. The molecule has 0 unspecified atom stereocenters. The van der Waals surface area contributed by atoms with E-state index < -0.39 is 6.04 Å². The monoisotopic (exact) mass is 454 g/mol. The van der Waals surface area contributed by atoms with Crippen LogP contribution >= 0.6 is 11.6 Å². The van der Waals surface area contributed by atoms with E-state index in [1.807, 2.05) is 51.1 Å². The molecule has 1 N–H and O–H groups in total. The van der Waals surface area contributed by atoms with Crippen LogP contribution in [-0.2, 0) is 4.79 Å². The molecule has 0 saturated carbocycles. The van der Waals surface area contributed by atoms with Crippen molar-refractivity contribution in [2.45, 2.75) is 51.8 Å². The number of hydrogen-bond donors (Lipinski definition) is 1. The molecular weight excluding hydrogens is 424 g/mol. The predicted molar refractivity (Wildman–Crippen MR) is 128 cm³/mol. The van der Waals surface area contributed by atoms with Crippen LogP contribution < -0.4 is 10.1 Å². The minimum Gasteiger partial charge on any atom is -0.490 e. The van der Waals surface area contributed by atoms with E-state index in [2.05, 4.69) is 17.5 Å². The summed E-state index contributed by atoms with van der Waals surface area (Å²) in [4.78, 5) is 28.3. The zero-order valence-electron chi connectivity index (χ0n) is 19.0. The first-order valence-corrected chi connectivity index (χ1v) is 11.4. The number of rotatable bonds is 2. The van der Waals surface area contributed by atoms with Crippen molar-refractivity contribution < 1.29 is 14.3 Å². The molecule has 0 bridgehead atoms. The van der Waals surface area contributed by atoms with Gasteiger partial charge in [0, 0.05) is 18.5 Å². The summed E-state index contributed by atoms with van der Waals surface area (Å²) in [6, 6.07) is 13.8. The minimum atomic E-state index is -0.637. The lowest BCUT2D eigenvalue weighted by atomic mass is 9.98. The van der Waals surface area contributed by atoms with Crippen LogP contribution in [0.1, 0.15) is 55.6 Å². The highest BCUT2D eigenvalue weighted by atomic mass is 35.5. The summed E-state index contributed by atoms with van der Waals surface area (Å²) in [5, 5.41) is 3.78. The summed E-state index contributed by atoms with van der Waals surface area (Å²) in [7, 11) is 1.67. The quantitative estimate of drug-likeness (QED) is 0.617. The third-order valence-corrected chi connectivity index (χ3v) is 5.89. The molecule has 1 aliphatic rings. The van der Waals surface area contributed by atoms with Gasteiger partial charge in [0.2, 0.25) is 5.91 Å². The summed E-state index contributed by atoms with van der Waals surface area (Å²) in [5.41, 5.74) is 1.38. The molecule has 0 aliphatic carbocycles. The number of nitrogens with zero attached hydrogens (tertiary/aromatic N) is 1. The number of hydrogen-bond acceptors (Lipinski definition) is 3. The van der Waals surface area contributed by atoms with Gasteiger partial charge in [-0.05, 0) is 49.1 Å². The van der Waals surface area contributed by atoms with Crippen molar-refractivity contribution in [1.82, 2.24) is 10.2 Å².